The van der Waals surface area contributed by atoms with Crippen molar-refractivity contribution in [2.75, 3.05) is 13.2 Å². The summed E-state index contributed by atoms with van der Waals surface area (Å²) in [6, 6.07) is 0. The maximum atomic E-state index is 12.8. The summed E-state index contributed by atoms with van der Waals surface area (Å²) in [6.07, 6.45) is 44.1. The third kappa shape index (κ3) is 33.4. The SMILES string of the molecule is CC/C=C\C/C=C\C/C=C\CCCCCCCCCC(=O)OCC(COC1OC(C(=O)O)C(O)C(O)C1O)OC(=O)CCCCCCCCCCC/C=C\C/C=C\CCCCCCC. The lowest BCUT2D eigenvalue weighted by Crippen LogP contribution is -2.60. The summed E-state index contributed by atoms with van der Waals surface area (Å²) >= 11 is 0. The highest BCUT2D eigenvalue weighted by Gasteiger charge is 2.47. The van der Waals surface area contributed by atoms with Crippen LogP contribution in [-0.4, -0.2) is 88.4 Å². The normalized spacial score (nSPS) is 19.8. The Morgan fingerprint density at radius 2 is 0.922 bits per heavy atom. The van der Waals surface area contributed by atoms with E-state index in [1.54, 1.807) is 0 Å². The van der Waals surface area contributed by atoms with Crippen LogP contribution in [-0.2, 0) is 33.3 Å². The molecule has 1 aliphatic rings. The zero-order valence-electron chi connectivity index (χ0n) is 40.0. The van der Waals surface area contributed by atoms with Gasteiger partial charge in [0.15, 0.2) is 18.5 Å². The van der Waals surface area contributed by atoms with E-state index >= 15 is 0 Å². The fourth-order valence-electron chi connectivity index (χ4n) is 7.39. The number of hydrogen-bond acceptors (Lipinski definition) is 10. The minimum atomic E-state index is -1.87. The molecule has 0 aromatic heterocycles. The fourth-order valence-corrected chi connectivity index (χ4v) is 7.39. The monoisotopic (exact) mass is 903 g/mol. The molecule has 0 aromatic rings. The molecule has 64 heavy (non-hydrogen) atoms. The van der Waals surface area contributed by atoms with Crippen molar-refractivity contribution in [1.29, 1.82) is 0 Å². The summed E-state index contributed by atoms with van der Waals surface area (Å²) in [5.74, 6) is -2.46. The zero-order chi connectivity index (χ0) is 46.7. The van der Waals surface area contributed by atoms with Gasteiger partial charge < -0.3 is 39.4 Å². The molecule has 4 N–H and O–H groups in total. The average molecular weight is 903 g/mol. The van der Waals surface area contributed by atoms with Gasteiger partial charge in [-0.05, 0) is 77.0 Å². The molecule has 0 aliphatic carbocycles. The van der Waals surface area contributed by atoms with E-state index in [0.29, 0.717) is 12.8 Å². The minimum Gasteiger partial charge on any atom is -0.479 e. The predicted octanol–water partition coefficient (Wildman–Crippen LogP) is 11.9. The smallest absolute Gasteiger partial charge is 0.335 e. The Labute approximate surface area is 387 Å². The Bertz CT molecular complexity index is 1290. The van der Waals surface area contributed by atoms with Crippen molar-refractivity contribution < 1.29 is 53.8 Å². The fraction of sp³-hybridized carbons (Fsp3) is 0.755. The molecule has 1 saturated heterocycles. The molecular weight excluding hydrogens is 813 g/mol. The van der Waals surface area contributed by atoms with Crippen LogP contribution in [0.5, 0.6) is 0 Å². The Morgan fingerprint density at radius 1 is 0.500 bits per heavy atom. The first kappa shape index (κ1) is 58.9. The molecule has 6 atom stereocenters. The van der Waals surface area contributed by atoms with E-state index in [4.69, 9.17) is 18.9 Å². The third-order valence-corrected chi connectivity index (χ3v) is 11.4. The Morgan fingerprint density at radius 3 is 1.39 bits per heavy atom. The van der Waals surface area contributed by atoms with Crippen LogP contribution in [0.2, 0.25) is 0 Å². The van der Waals surface area contributed by atoms with Gasteiger partial charge in [0.2, 0.25) is 0 Å². The molecule has 0 bridgehead atoms. The summed E-state index contributed by atoms with van der Waals surface area (Å²) in [4.78, 5) is 37.0. The van der Waals surface area contributed by atoms with Gasteiger partial charge in [-0.15, -0.1) is 0 Å². The van der Waals surface area contributed by atoms with Gasteiger partial charge in [-0.1, -0.05) is 177 Å². The highest BCUT2D eigenvalue weighted by molar-refractivity contribution is 5.73. The van der Waals surface area contributed by atoms with E-state index in [1.165, 1.54) is 83.5 Å². The molecule has 0 spiro atoms. The Balaban J connectivity index is 2.32. The number of hydrogen-bond donors (Lipinski definition) is 4. The summed E-state index contributed by atoms with van der Waals surface area (Å²) in [6.45, 7) is 3.70. The van der Waals surface area contributed by atoms with E-state index < -0.39 is 61.3 Å². The first-order chi connectivity index (χ1) is 31.2. The molecule has 0 aromatic carbocycles. The van der Waals surface area contributed by atoms with Crippen LogP contribution in [0.1, 0.15) is 206 Å². The molecule has 1 heterocycles. The summed E-state index contributed by atoms with van der Waals surface area (Å²) in [5.41, 5.74) is 0. The van der Waals surface area contributed by atoms with E-state index in [0.717, 1.165) is 83.5 Å². The van der Waals surface area contributed by atoms with E-state index in [1.807, 2.05) is 0 Å². The van der Waals surface area contributed by atoms with Crippen LogP contribution >= 0.6 is 0 Å². The highest BCUT2D eigenvalue weighted by Crippen LogP contribution is 2.23. The van der Waals surface area contributed by atoms with Crippen molar-refractivity contribution >= 4 is 17.9 Å². The standard InChI is InChI=1S/C53H90O11/c1-3-5-7-9-11-13-15-17-19-21-22-23-24-26-28-30-32-34-36-38-40-42-47(55)63-45(44-62-53-50(58)48(56)49(57)51(64-53)52(59)60)43-61-46(54)41-39-37-35-33-31-29-27-25-20-18-16-14-12-10-8-6-4-2/h6,8,12,14-15,17-18,20-22,45,48-51,53,56-58H,3-5,7,9-11,13,16,19,23-44H2,1-2H3,(H,59,60)/b8-6-,14-12-,17-15-,20-18-,22-21-. The zero-order valence-corrected chi connectivity index (χ0v) is 40.0. The molecule has 1 fully saturated rings. The number of carbonyl (C=O) groups is 3. The van der Waals surface area contributed by atoms with Crippen molar-refractivity contribution in [1.82, 2.24) is 0 Å². The lowest BCUT2D eigenvalue weighted by Gasteiger charge is -2.38. The van der Waals surface area contributed by atoms with Gasteiger partial charge in [-0.25, -0.2) is 4.79 Å². The number of aliphatic carboxylic acids is 1. The summed E-state index contributed by atoms with van der Waals surface area (Å²) in [7, 11) is 0. The highest BCUT2D eigenvalue weighted by atomic mass is 16.7. The Kier molecular flexibility index (Phi) is 39.2. The van der Waals surface area contributed by atoms with Crippen LogP contribution in [0.3, 0.4) is 0 Å². The summed E-state index contributed by atoms with van der Waals surface area (Å²) in [5, 5.41) is 39.9. The van der Waals surface area contributed by atoms with E-state index in [-0.39, 0.29) is 19.4 Å². The van der Waals surface area contributed by atoms with Crippen molar-refractivity contribution in [2.45, 2.75) is 243 Å². The van der Waals surface area contributed by atoms with Crippen LogP contribution in [0.15, 0.2) is 60.8 Å². The maximum Gasteiger partial charge on any atom is 0.335 e. The molecule has 11 heteroatoms. The van der Waals surface area contributed by atoms with Crippen LogP contribution in [0.4, 0.5) is 0 Å². The number of aliphatic hydroxyl groups is 3. The number of unbranched alkanes of at least 4 members (excludes halogenated alkanes) is 21. The van der Waals surface area contributed by atoms with E-state index in [9.17, 15) is 34.8 Å². The van der Waals surface area contributed by atoms with Gasteiger partial charge in [0.1, 0.15) is 24.9 Å². The van der Waals surface area contributed by atoms with Crippen molar-refractivity contribution in [3.8, 4) is 0 Å². The second-order valence-corrected chi connectivity index (χ2v) is 17.3. The van der Waals surface area contributed by atoms with Crippen LogP contribution in [0.25, 0.3) is 0 Å². The number of carboxylic acids is 1. The lowest BCUT2D eigenvalue weighted by atomic mass is 9.99. The second-order valence-electron chi connectivity index (χ2n) is 17.3. The molecular formula is C53H90O11. The summed E-state index contributed by atoms with van der Waals surface area (Å²) < 4.78 is 21.8. The molecule has 368 valence electrons. The molecule has 11 nitrogen and oxygen atoms in total. The van der Waals surface area contributed by atoms with E-state index in [2.05, 4.69) is 74.6 Å². The molecule has 6 unspecified atom stereocenters. The maximum absolute atomic E-state index is 12.8. The first-order valence-corrected chi connectivity index (χ1v) is 25.3. The Hall–Kier alpha value is -3.09. The van der Waals surface area contributed by atoms with Gasteiger partial charge in [-0.2, -0.15) is 0 Å². The lowest BCUT2D eigenvalue weighted by molar-refractivity contribution is -0.298. The van der Waals surface area contributed by atoms with Gasteiger partial charge in [0.05, 0.1) is 6.61 Å². The minimum absolute atomic E-state index is 0.174. The molecule has 0 saturated carbocycles. The number of allylic oxidation sites excluding steroid dienone is 10. The number of carboxylic acid groups (broad SMARTS) is 1. The van der Waals surface area contributed by atoms with Crippen LogP contribution < -0.4 is 0 Å². The predicted molar refractivity (Wildman–Crippen MR) is 257 cm³/mol. The average Bonchev–Trinajstić information content (AvgIpc) is 3.28. The molecule has 0 radical (unpaired) electrons. The third-order valence-electron chi connectivity index (χ3n) is 11.4. The number of esters is 2. The number of carbonyl (C=O) groups excluding carboxylic acids is 2. The van der Waals surface area contributed by atoms with Gasteiger partial charge in [0.25, 0.3) is 0 Å². The van der Waals surface area contributed by atoms with Crippen molar-refractivity contribution in [2.24, 2.45) is 0 Å². The van der Waals surface area contributed by atoms with Crippen molar-refractivity contribution in [3.05, 3.63) is 60.8 Å². The number of ether oxygens (including phenoxy) is 4. The van der Waals surface area contributed by atoms with Gasteiger partial charge in [0, 0.05) is 12.8 Å². The molecule has 0 amide bonds. The van der Waals surface area contributed by atoms with Crippen molar-refractivity contribution in [3.63, 3.8) is 0 Å². The molecule has 1 aliphatic heterocycles. The van der Waals surface area contributed by atoms with Gasteiger partial charge >= 0.3 is 17.9 Å². The quantitative estimate of drug-likeness (QED) is 0.0261. The first-order valence-electron chi connectivity index (χ1n) is 25.3. The number of rotatable bonds is 42. The molecule has 1 rings (SSSR count). The van der Waals surface area contributed by atoms with Gasteiger partial charge in [-0.3, -0.25) is 9.59 Å². The second kappa shape index (κ2) is 42.5. The largest absolute Gasteiger partial charge is 0.479 e. The van der Waals surface area contributed by atoms with Crippen LogP contribution in [0, 0.1) is 0 Å². The topological polar surface area (TPSA) is 169 Å². The number of aliphatic hydroxyl groups excluding tert-OH is 3.